The second-order valence-corrected chi connectivity index (χ2v) is 7.73. The van der Waals surface area contributed by atoms with Crippen molar-refractivity contribution in [1.29, 1.82) is 0 Å². The molecule has 1 aliphatic carbocycles. The van der Waals surface area contributed by atoms with Gasteiger partial charge in [0.05, 0.1) is 5.56 Å². The molecule has 0 saturated heterocycles. The summed E-state index contributed by atoms with van der Waals surface area (Å²) < 4.78 is 18.6. The molecule has 1 aromatic heterocycles. The van der Waals surface area contributed by atoms with Crippen molar-refractivity contribution < 1.29 is 23.5 Å². The van der Waals surface area contributed by atoms with E-state index in [1.807, 2.05) is 18.2 Å². The topological polar surface area (TPSA) is 84.5 Å². The fourth-order valence-corrected chi connectivity index (χ4v) is 4.41. The Morgan fingerprint density at radius 3 is 2.53 bits per heavy atom. The summed E-state index contributed by atoms with van der Waals surface area (Å²) in [6.07, 6.45) is 1.76. The summed E-state index contributed by atoms with van der Waals surface area (Å²) in [6.45, 7) is -0.574. The van der Waals surface area contributed by atoms with Gasteiger partial charge in [0.25, 0.3) is 11.8 Å². The molecule has 2 aromatic carbocycles. The van der Waals surface area contributed by atoms with Gasteiger partial charge in [-0.15, -0.1) is 11.3 Å². The first-order valence-electron chi connectivity index (χ1n) is 9.25. The first-order valence-corrected chi connectivity index (χ1v) is 10.1. The number of esters is 1. The highest BCUT2D eigenvalue weighted by Gasteiger charge is 2.22. The molecule has 1 heterocycles. The maximum Gasteiger partial charge on any atom is 0.348 e. The lowest BCUT2D eigenvalue weighted by atomic mass is 9.91. The van der Waals surface area contributed by atoms with Crippen molar-refractivity contribution in [3.8, 4) is 10.4 Å². The number of thiophene rings is 1. The number of aryl methyl sites for hydroxylation is 2. The van der Waals surface area contributed by atoms with Crippen molar-refractivity contribution in [1.82, 2.24) is 10.9 Å². The zero-order valence-corrected chi connectivity index (χ0v) is 16.6. The van der Waals surface area contributed by atoms with Crippen LogP contribution in [0.3, 0.4) is 0 Å². The molecule has 0 atom stereocenters. The van der Waals surface area contributed by atoms with Crippen LogP contribution in [-0.4, -0.2) is 24.4 Å². The van der Waals surface area contributed by atoms with E-state index in [9.17, 15) is 18.8 Å². The highest BCUT2D eigenvalue weighted by Crippen LogP contribution is 2.39. The van der Waals surface area contributed by atoms with Gasteiger partial charge in [-0.05, 0) is 47.7 Å². The summed E-state index contributed by atoms with van der Waals surface area (Å²) in [5.74, 6) is -2.86. The van der Waals surface area contributed by atoms with Crippen LogP contribution in [0.2, 0.25) is 0 Å². The molecule has 152 valence electrons. The van der Waals surface area contributed by atoms with Crippen LogP contribution in [0.15, 0.2) is 54.6 Å². The lowest BCUT2D eigenvalue weighted by molar-refractivity contribution is -0.125. The van der Waals surface area contributed by atoms with Gasteiger partial charge in [-0.1, -0.05) is 36.4 Å². The molecule has 4 rings (SSSR count). The van der Waals surface area contributed by atoms with Crippen LogP contribution in [0.4, 0.5) is 4.39 Å². The normalized spacial score (nSPS) is 11.8. The average Bonchev–Trinajstić information content (AvgIpc) is 3.21. The van der Waals surface area contributed by atoms with Gasteiger partial charge >= 0.3 is 5.97 Å². The summed E-state index contributed by atoms with van der Waals surface area (Å²) in [6, 6.07) is 15.2. The molecule has 8 heteroatoms. The predicted molar refractivity (Wildman–Crippen MR) is 109 cm³/mol. The number of carbonyl (C=O) groups excluding carboxylic acids is 3. The van der Waals surface area contributed by atoms with Crippen molar-refractivity contribution in [2.75, 3.05) is 6.61 Å². The minimum absolute atomic E-state index is 0.209. The van der Waals surface area contributed by atoms with E-state index in [4.69, 9.17) is 4.74 Å². The average molecular weight is 424 g/mol. The van der Waals surface area contributed by atoms with E-state index in [2.05, 4.69) is 16.9 Å². The lowest BCUT2D eigenvalue weighted by Gasteiger charge is -2.15. The molecule has 0 bridgehead atoms. The zero-order valence-electron chi connectivity index (χ0n) is 15.7. The third-order valence-electron chi connectivity index (χ3n) is 4.70. The number of hydrazine groups is 1. The highest BCUT2D eigenvalue weighted by molar-refractivity contribution is 7.17. The number of hydrogen-bond acceptors (Lipinski definition) is 5. The third-order valence-corrected chi connectivity index (χ3v) is 5.89. The maximum atomic E-state index is 13.6. The standard InChI is InChI=1S/C22H17FN2O4S/c23-17-8-4-3-7-16(17)21(27)25-24-19(26)12-29-22(28)18-11-14-10-9-13-5-1-2-6-15(13)20(14)30-18/h1-8,11H,9-10,12H2,(H,24,26)(H,25,27). The molecule has 0 radical (unpaired) electrons. The molecule has 0 unspecified atom stereocenters. The van der Waals surface area contributed by atoms with Crippen molar-refractivity contribution in [3.05, 3.63) is 82.0 Å². The van der Waals surface area contributed by atoms with Crippen LogP contribution in [0, 0.1) is 5.82 Å². The molecule has 0 aliphatic heterocycles. The summed E-state index contributed by atoms with van der Waals surface area (Å²) in [4.78, 5) is 37.6. The summed E-state index contributed by atoms with van der Waals surface area (Å²) in [5.41, 5.74) is 7.43. The van der Waals surface area contributed by atoms with Gasteiger partial charge in [-0.25, -0.2) is 9.18 Å². The maximum absolute atomic E-state index is 13.6. The van der Waals surface area contributed by atoms with Crippen molar-refractivity contribution >= 4 is 29.1 Å². The van der Waals surface area contributed by atoms with Crippen LogP contribution in [-0.2, 0) is 22.4 Å². The van der Waals surface area contributed by atoms with Gasteiger partial charge in [0, 0.05) is 4.88 Å². The summed E-state index contributed by atoms with van der Waals surface area (Å²) in [7, 11) is 0. The lowest BCUT2D eigenvalue weighted by Crippen LogP contribution is -2.43. The number of hydrogen-bond donors (Lipinski definition) is 2. The highest BCUT2D eigenvalue weighted by atomic mass is 32.1. The van der Waals surface area contributed by atoms with Gasteiger partial charge in [0.1, 0.15) is 10.7 Å². The smallest absolute Gasteiger partial charge is 0.348 e. The Balaban J connectivity index is 1.32. The number of carbonyl (C=O) groups is 3. The number of benzene rings is 2. The quantitative estimate of drug-likeness (QED) is 0.497. The molecular weight excluding hydrogens is 407 g/mol. The van der Waals surface area contributed by atoms with E-state index in [1.165, 1.54) is 35.1 Å². The van der Waals surface area contributed by atoms with E-state index in [0.717, 1.165) is 34.9 Å². The second kappa shape index (κ2) is 8.46. The van der Waals surface area contributed by atoms with Gasteiger partial charge in [-0.2, -0.15) is 0 Å². The molecule has 2 N–H and O–H groups in total. The molecule has 1 aliphatic rings. The largest absolute Gasteiger partial charge is 0.451 e. The number of ether oxygens (including phenoxy) is 1. The fourth-order valence-electron chi connectivity index (χ4n) is 3.25. The molecular formula is C22H17FN2O4S. The number of nitrogens with one attached hydrogen (secondary N) is 2. The van der Waals surface area contributed by atoms with E-state index in [1.54, 1.807) is 6.07 Å². The first kappa shape index (κ1) is 19.8. The van der Waals surface area contributed by atoms with Gasteiger partial charge in [0.15, 0.2) is 6.61 Å². The number of halogens is 1. The Labute approximate surface area is 175 Å². The fraction of sp³-hybridized carbons (Fsp3) is 0.136. The predicted octanol–water partition coefficient (Wildman–Crippen LogP) is 3.27. The van der Waals surface area contributed by atoms with Gasteiger partial charge in [-0.3, -0.25) is 20.4 Å². The Bertz CT molecular complexity index is 1140. The minimum Gasteiger partial charge on any atom is -0.451 e. The van der Waals surface area contributed by atoms with Crippen LogP contribution in [0.5, 0.6) is 0 Å². The van der Waals surface area contributed by atoms with E-state index >= 15 is 0 Å². The monoisotopic (exact) mass is 424 g/mol. The summed E-state index contributed by atoms with van der Waals surface area (Å²) >= 11 is 1.34. The molecule has 0 fully saturated rings. The Morgan fingerprint density at radius 2 is 1.70 bits per heavy atom. The number of amides is 2. The minimum atomic E-state index is -0.808. The third kappa shape index (κ3) is 4.08. The Hall–Kier alpha value is -3.52. The molecule has 0 spiro atoms. The van der Waals surface area contributed by atoms with Crippen LogP contribution >= 0.6 is 11.3 Å². The van der Waals surface area contributed by atoms with E-state index in [-0.39, 0.29) is 5.56 Å². The SMILES string of the molecule is O=C(COC(=O)c1cc2c(s1)-c1ccccc1CC2)NNC(=O)c1ccccc1F. The van der Waals surface area contributed by atoms with Crippen LogP contribution in [0.25, 0.3) is 10.4 Å². The van der Waals surface area contributed by atoms with Crippen LogP contribution in [0.1, 0.15) is 31.2 Å². The molecule has 0 saturated carbocycles. The number of fused-ring (bicyclic) bond motifs is 3. The van der Waals surface area contributed by atoms with E-state index < -0.39 is 30.2 Å². The molecule has 2 amide bonds. The molecule has 6 nitrogen and oxygen atoms in total. The van der Waals surface area contributed by atoms with Crippen molar-refractivity contribution in [2.45, 2.75) is 12.8 Å². The Morgan fingerprint density at radius 1 is 0.967 bits per heavy atom. The first-order chi connectivity index (χ1) is 14.5. The molecule has 3 aromatic rings. The van der Waals surface area contributed by atoms with E-state index in [0.29, 0.717) is 4.88 Å². The Kier molecular flexibility index (Phi) is 5.58. The van der Waals surface area contributed by atoms with Crippen molar-refractivity contribution in [2.24, 2.45) is 0 Å². The zero-order chi connectivity index (χ0) is 21.1. The second-order valence-electron chi connectivity index (χ2n) is 6.68. The van der Waals surface area contributed by atoms with Crippen molar-refractivity contribution in [3.63, 3.8) is 0 Å². The number of rotatable bonds is 4. The van der Waals surface area contributed by atoms with Gasteiger partial charge in [0.2, 0.25) is 0 Å². The molecule has 30 heavy (non-hydrogen) atoms. The summed E-state index contributed by atoms with van der Waals surface area (Å²) in [5, 5.41) is 0. The van der Waals surface area contributed by atoms with Gasteiger partial charge < -0.3 is 4.74 Å². The van der Waals surface area contributed by atoms with Crippen LogP contribution < -0.4 is 10.9 Å².